The lowest BCUT2D eigenvalue weighted by atomic mass is 9.87. The van der Waals surface area contributed by atoms with Gasteiger partial charge in [-0.1, -0.05) is 32.5 Å². The lowest BCUT2D eigenvalue weighted by molar-refractivity contribution is -0.138. The van der Waals surface area contributed by atoms with Gasteiger partial charge in [-0.2, -0.15) is 0 Å². The molecule has 0 aliphatic carbocycles. The second-order valence-electron chi connectivity index (χ2n) is 8.64. The molecule has 0 amide bonds. The predicted octanol–water partition coefficient (Wildman–Crippen LogP) is 4.68. The van der Waals surface area contributed by atoms with Crippen LogP contribution in [0.3, 0.4) is 0 Å². The van der Waals surface area contributed by atoms with Gasteiger partial charge in [0.2, 0.25) is 9.04 Å². The first-order valence-electron chi connectivity index (χ1n) is 9.00. The molecule has 1 atom stereocenters. The number of benzene rings is 1. The van der Waals surface area contributed by atoms with Crippen molar-refractivity contribution in [3.05, 3.63) is 22.7 Å². The van der Waals surface area contributed by atoms with Gasteiger partial charge in [0.05, 0.1) is 4.70 Å². The molecule has 0 saturated heterocycles. The molecule has 1 aromatic heterocycles. The number of thiazole rings is 1. The third-order valence-electron chi connectivity index (χ3n) is 4.37. The van der Waals surface area contributed by atoms with Crippen molar-refractivity contribution in [1.29, 1.82) is 0 Å². The highest BCUT2D eigenvalue weighted by atomic mass is 32.2. The third kappa shape index (κ3) is 4.07. The molecule has 2 aromatic rings. The number of aliphatic carboxylic acids is 1. The van der Waals surface area contributed by atoms with E-state index in [0.717, 1.165) is 21.0 Å². The van der Waals surface area contributed by atoms with Crippen LogP contribution in [-0.2, 0) is 10.2 Å². The maximum absolute atomic E-state index is 11.5. The second kappa shape index (κ2) is 6.90. The number of aromatic nitrogens is 1. The molecule has 2 heterocycles. The Morgan fingerprint density at radius 3 is 2.48 bits per heavy atom. The first-order valence-corrected chi connectivity index (χ1v) is 13.4. The largest absolute Gasteiger partial charge is 0.545 e. The smallest absolute Gasteiger partial charge is 0.329 e. The van der Waals surface area contributed by atoms with Gasteiger partial charge in [0.25, 0.3) is 0 Å². The zero-order chi connectivity index (χ0) is 20.1. The number of aliphatic imine (C=N–C) groups is 1. The highest BCUT2D eigenvalue weighted by Gasteiger charge is 2.43. The van der Waals surface area contributed by atoms with Crippen molar-refractivity contribution in [3.8, 4) is 5.75 Å². The van der Waals surface area contributed by atoms with Crippen LogP contribution in [0, 0.1) is 0 Å². The van der Waals surface area contributed by atoms with Crippen molar-refractivity contribution in [2.24, 2.45) is 4.99 Å². The van der Waals surface area contributed by atoms with Gasteiger partial charge in [-0.15, -0.1) is 11.3 Å². The van der Waals surface area contributed by atoms with Crippen LogP contribution in [0.15, 0.2) is 17.1 Å². The highest BCUT2D eigenvalue weighted by molar-refractivity contribution is 8.16. The summed E-state index contributed by atoms with van der Waals surface area (Å²) in [6.07, 6.45) is 0. The summed E-state index contributed by atoms with van der Waals surface area (Å²) in [4.78, 5) is 20.8. The van der Waals surface area contributed by atoms with Gasteiger partial charge >= 0.3 is 5.97 Å². The third-order valence-corrected chi connectivity index (χ3v) is 7.48. The highest BCUT2D eigenvalue weighted by Crippen LogP contribution is 2.43. The first-order chi connectivity index (χ1) is 12.4. The van der Waals surface area contributed by atoms with Gasteiger partial charge in [0.15, 0.2) is 6.04 Å². The molecule has 5 nitrogen and oxygen atoms in total. The van der Waals surface area contributed by atoms with Crippen molar-refractivity contribution in [2.75, 3.05) is 0 Å². The normalized spacial score (nSPS) is 19.6. The van der Waals surface area contributed by atoms with Crippen molar-refractivity contribution in [1.82, 2.24) is 4.98 Å². The van der Waals surface area contributed by atoms with E-state index in [0.29, 0.717) is 5.04 Å². The summed E-state index contributed by atoms with van der Waals surface area (Å²) in [6, 6.07) is 3.52. The molecule has 0 saturated carbocycles. The fourth-order valence-electron chi connectivity index (χ4n) is 2.92. The fourth-order valence-corrected chi connectivity index (χ4v) is 5.83. The summed E-state index contributed by atoms with van der Waals surface area (Å²) in [5, 5.41) is 10.9. The van der Waals surface area contributed by atoms with Gasteiger partial charge in [0, 0.05) is 4.75 Å². The van der Waals surface area contributed by atoms with Crippen molar-refractivity contribution in [3.63, 3.8) is 0 Å². The minimum atomic E-state index is -1.29. The fraction of sp³-hybridized carbons (Fsp3) is 0.526. The monoisotopic (exact) mass is 422 g/mol. The molecule has 0 radical (unpaired) electrons. The van der Waals surface area contributed by atoms with Crippen LogP contribution in [0.25, 0.3) is 10.2 Å². The Kier molecular flexibility index (Phi) is 5.20. The Hall–Kier alpha value is -1.38. The quantitative estimate of drug-likeness (QED) is 0.724. The topological polar surface area (TPSA) is 71.8 Å². The SMILES string of the molecule is C[SiH](C)Oc1cc(C(C)(C)C)cc2sc(C3=NC(C(=O)O)C(C)(C)S3)nc12. The molecule has 0 fully saturated rings. The van der Waals surface area contributed by atoms with E-state index in [2.05, 4.69) is 51.0 Å². The van der Waals surface area contributed by atoms with Crippen molar-refractivity contribution < 1.29 is 14.3 Å². The lowest BCUT2D eigenvalue weighted by Crippen LogP contribution is -2.34. The molecule has 1 aromatic carbocycles. The summed E-state index contributed by atoms with van der Waals surface area (Å²) < 4.78 is 6.75. The maximum Gasteiger partial charge on any atom is 0.329 e. The number of nitrogens with zero attached hydrogens (tertiary/aromatic N) is 2. The van der Waals surface area contributed by atoms with E-state index in [4.69, 9.17) is 9.41 Å². The first kappa shape index (κ1) is 20.4. The van der Waals surface area contributed by atoms with Crippen LogP contribution >= 0.6 is 23.1 Å². The summed E-state index contributed by atoms with van der Waals surface area (Å²) in [7, 11) is -1.29. The molecule has 3 rings (SSSR count). The standard InChI is InChI=1S/C19H26N2O3S2Si/c1-18(2,3)10-8-11(24-27(6)7)13-12(9-10)25-15(20-13)16-21-14(17(22)23)19(4,5)26-16/h8-9,14,27H,1-7H3,(H,22,23). The predicted molar refractivity (Wildman–Crippen MR) is 117 cm³/mol. The molecule has 146 valence electrons. The second-order valence-corrected chi connectivity index (χ2v) is 13.6. The van der Waals surface area contributed by atoms with Crippen LogP contribution in [-0.4, -0.2) is 40.9 Å². The van der Waals surface area contributed by atoms with Crippen LogP contribution in [0.5, 0.6) is 5.75 Å². The van der Waals surface area contributed by atoms with Crippen molar-refractivity contribution >= 4 is 53.4 Å². The molecule has 1 aliphatic rings. The molecular formula is C19H26N2O3S2Si. The van der Waals surface area contributed by atoms with E-state index >= 15 is 0 Å². The van der Waals surface area contributed by atoms with Gasteiger partial charge in [-0.05, 0) is 50.1 Å². The lowest BCUT2D eigenvalue weighted by Gasteiger charge is -2.21. The summed E-state index contributed by atoms with van der Waals surface area (Å²) in [5.41, 5.74) is 2.06. The van der Waals surface area contributed by atoms with E-state index < -0.39 is 25.8 Å². The molecule has 8 heteroatoms. The van der Waals surface area contributed by atoms with E-state index in [9.17, 15) is 9.90 Å². The van der Waals surface area contributed by atoms with Gasteiger partial charge in [-0.3, -0.25) is 4.99 Å². The molecule has 0 bridgehead atoms. The molecule has 1 unspecified atom stereocenters. The van der Waals surface area contributed by atoms with Crippen molar-refractivity contribution in [2.45, 2.75) is 63.9 Å². The van der Waals surface area contributed by atoms with E-state index in [1.807, 2.05) is 13.8 Å². The Morgan fingerprint density at radius 1 is 1.30 bits per heavy atom. The van der Waals surface area contributed by atoms with Gasteiger partial charge < -0.3 is 9.53 Å². The minimum absolute atomic E-state index is 0.00497. The molecule has 27 heavy (non-hydrogen) atoms. The molecule has 0 spiro atoms. The Bertz CT molecular complexity index is 929. The number of thioether (sulfide) groups is 1. The van der Waals surface area contributed by atoms with Gasteiger partial charge in [-0.25, -0.2) is 9.78 Å². The Balaban J connectivity index is 2.12. The van der Waals surface area contributed by atoms with Crippen LogP contribution < -0.4 is 4.43 Å². The number of fused-ring (bicyclic) bond motifs is 1. The zero-order valence-electron chi connectivity index (χ0n) is 16.8. The summed E-state index contributed by atoms with van der Waals surface area (Å²) >= 11 is 3.05. The van der Waals surface area contributed by atoms with E-state index in [1.54, 1.807) is 11.3 Å². The molecular weight excluding hydrogens is 396 g/mol. The van der Waals surface area contributed by atoms with Crippen LogP contribution in [0.2, 0.25) is 13.1 Å². The van der Waals surface area contributed by atoms with E-state index in [-0.39, 0.29) is 5.41 Å². The number of rotatable bonds is 4. The summed E-state index contributed by atoms with van der Waals surface area (Å²) in [5.74, 6) is -0.0623. The number of carboxylic acids is 1. The zero-order valence-corrected chi connectivity index (χ0v) is 19.6. The maximum atomic E-state index is 11.5. The average molecular weight is 423 g/mol. The Labute approximate surface area is 170 Å². The number of hydrogen-bond acceptors (Lipinski definition) is 6. The van der Waals surface area contributed by atoms with Gasteiger partial charge in [0.1, 0.15) is 21.3 Å². The summed E-state index contributed by atoms with van der Waals surface area (Å²) in [6.45, 7) is 14.7. The molecule has 1 aliphatic heterocycles. The number of carboxylic acid groups (broad SMARTS) is 1. The number of carbonyl (C=O) groups is 1. The van der Waals surface area contributed by atoms with E-state index in [1.165, 1.54) is 17.3 Å². The van der Waals surface area contributed by atoms with Crippen LogP contribution in [0.4, 0.5) is 0 Å². The Morgan fingerprint density at radius 2 is 1.96 bits per heavy atom. The minimum Gasteiger partial charge on any atom is -0.545 e. The molecule has 1 N–H and O–H groups in total. The van der Waals surface area contributed by atoms with Crippen LogP contribution in [0.1, 0.15) is 45.2 Å². The number of hydrogen-bond donors (Lipinski definition) is 1. The average Bonchev–Trinajstić information content (AvgIpc) is 3.06.